The first-order valence-electron chi connectivity index (χ1n) is 4.50. The molecule has 0 saturated heterocycles. The summed E-state index contributed by atoms with van der Waals surface area (Å²) in [6, 6.07) is 0.365. The van der Waals surface area contributed by atoms with Gasteiger partial charge in [0.2, 0.25) is 0 Å². The maximum Gasteiger partial charge on any atom is 0.151 e. The number of aryl methyl sites for hydroxylation is 1. The number of hydrogen-bond acceptors (Lipinski definition) is 4. The van der Waals surface area contributed by atoms with Crippen molar-refractivity contribution >= 4 is 0 Å². The minimum absolute atomic E-state index is 0.365. The van der Waals surface area contributed by atoms with E-state index in [2.05, 4.69) is 22.3 Å². The minimum atomic E-state index is 0.365. The Morgan fingerprint density at radius 1 is 1.69 bits per heavy atom. The Hall–Kier alpha value is -0.940. The van der Waals surface area contributed by atoms with E-state index in [0.29, 0.717) is 12.6 Å². The molecule has 0 fully saturated rings. The summed E-state index contributed by atoms with van der Waals surface area (Å²) in [4.78, 5) is 4.12. The van der Waals surface area contributed by atoms with E-state index in [-0.39, 0.29) is 0 Å². The van der Waals surface area contributed by atoms with Gasteiger partial charge in [0.05, 0.1) is 0 Å². The maximum absolute atomic E-state index is 5.46. The fraction of sp³-hybridized carbons (Fsp3) is 0.750. The largest absolute Gasteiger partial charge is 0.329 e. The second kappa shape index (κ2) is 4.94. The molecule has 13 heavy (non-hydrogen) atoms. The van der Waals surface area contributed by atoms with Crippen molar-refractivity contribution in [2.45, 2.75) is 19.4 Å². The molecule has 0 spiro atoms. The number of nitrogens with zero attached hydrogens (tertiary/aromatic N) is 3. The summed E-state index contributed by atoms with van der Waals surface area (Å²) < 4.78 is 1.71. The van der Waals surface area contributed by atoms with E-state index in [9.17, 15) is 0 Å². The zero-order chi connectivity index (χ0) is 9.68. The van der Waals surface area contributed by atoms with Crippen LogP contribution in [0.15, 0.2) is 6.33 Å². The Morgan fingerprint density at radius 3 is 3.00 bits per heavy atom. The van der Waals surface area contributed by atoms with E-state index in [1.165, 1.54) is 0 Å². The molecule has 0 radical (unpaired) electrons. The summed E-state index contributed by atoms with van der Waals surface area (Å²) >= 11 is 0. The van der Waals surface area contributed by atoms with Crippen LogP contribution in [0.4, 0.5) is 0 Å². The highest BCUT2D eigenvalue weighted by atomic mass is 15.3. The lowest BCUT2D eigenvalue weighted by Crippen LogP contribution is -2.34. The zero-order valence-corrected chi connectivity index (χ0v) is 8.20. The highest BCUT2D eigenvalue weighted by Crippen LogP contribution is 1.88. The van der Waals surface area contributed by atoms with Crippen molar-refractivity contribution in [3.8, 4) is 0 Å². The second-order valence-corrected chi connectivity index (χ2v) is 3.18. The molecule has 5 nitrogen and oxygen atoms in total. The molecule has 1 atom stereocenters. The van der Waals surface area contributed by atoms with E-state index < -0.39 is 0 Å². The third kappa shape index (κ3) is 3.52. The van der Waals surface area contributed by atoms with Crippen molar-refractivity contribution in [1.82, 2.24) is 20.1 Å². The van der Waals surface area contributed by atoms with Crippen molar-refractivity contribution in [1.29, 1.82) is 0 Å². The van der Waals surface area contributed by atoms with Crippen LogP contribution in [0.25, 0.3) is 0 Å². The van der Waals surface area contributed by atoms with Gasteiger partial charge in [0.25, 0.3) is 0 Å². The second-order valence-electron chi connectivity index (χ2n) is 3.18. The lowest BCUT2D eigenvalue weighted by atomic mass is 10.3. The van der Waals surface area contributed by atoms with Gasteiger partial charge in [0, 0.05) is 32.6 Å². The molecule has 74 valence electrons. The van der Waals surface area contributed by atoms with Crippen LogP contribution in [0, 0.1) is 0 Å². The van der Waals surface area contributed by atoms with Crippen LogP contribution in [0.1, 0.15) is 12.7 Å². The highest BCUT2D eigenvalue weighted by molar-refractivity contribution is 4.82. The van der Waals surface area contributed by atoms with Gasteiger partial charge in [-0.15, -0.1) is 0 Å². The number of aromatic nitrogens is 3. The molecular formula is C8H17N5. The summed E-state index contributed by atoms with van der Waals surface area (Å²) in [7, 11) is 1.87. The normalized spacial score (nSPS) is 13.2. The van der Waals surface area contributed by atoms with E-state index in [4.69, 9.17) is 5.73 Å². The molecule has 0 bridgehead atoms. The molecule has 1 aromatic heterocycles. The predicted octanol–water partition coefficient (Wildman–Crippen LogP) is -0.706. The van der Waals surface area contributed by atoms with Crippen LogP contribution in [-0.4, -0.2) is 33.9 Å². The molecule has 0 aliphatic carbocycles. The average molecular weight is 183 g/mol. The third-order valence-electron chi connectivity index (χ3n) is 1.84. The van der Waals surface area contributed by atoms with Crippen LogP contribution in [0.5, 0.6) is 0 Å². The lowest BCUT2D eigenvalue weighted by Gasteiger charge is -2.09. The number of nitrogens with two attached hydrogens (primary N) is 1. The summed E-state index contributed by atoms with van der Waals surface area (Å²) in [6.45, 7) is 3.60. The molecule has 1 rings (SSSR count). The Labute approximate surface area is 78.3 Å². The predicted molar refractivity (Wildman–Crippen MR) is 51.2 cm³/mol. The van der Waals surface area contributed by atoms with E-state index in [0.717, 1.165) is 18.8 Å². The summed E-state index contributed by atoms with van der Waals surface area (Å²) in [5, 5.41) is 7.44. The van der Waals surface area contributed by atoms with Crippen LogP contribution in [-0.2, 0) is 13.5 Å². The van der Waals surface area contributed by atoms with Gasteiger partial charge in [0.15, 0.2) is 5.82 Å². The molecule has 3 N–H and O–H groups in total. The molecule has 0 aliphatic rings. The molecule has 5 heteroatoms. The first kappa shape index (κ1) is 10.1. The number of rotatable bonds is 5. The average Bonchev–Trinajstić information content (AvgIpc) is 2.51. The SMILES string of the molecule is CC(CN)NCCc1ncn(C)n1. The first-order chi connectivity index (χ1) is 6.22. The Bertz CT molecular complexity index is 244. The number of hydrogen-bond donors (Lipinski definition) is 2. The first-order valence-corrected chi connectivity index (χ1v) is 4.50. The Morgan fingerprint density at radius 2 is 2.46 bits per heavy atom. The summed E-state index contributed by atoms with van der Waals surface area (Å²) in [5.41, 5.74) is 5.46. The smallest absolute Gasteiger partial charge is 0.151 e. The standard InChI is InChI=1S/C8H17N5/c1-7(5-9)10-4-3-8-11-6-13(2)12-8/h6-7,10H,3-5,9H2,1-2H3. The van der Waals surface area contributed by atoms with Gasteiger partial charge in [-0.25, -0.2) is 4.98 Å². The summed E-state index contributed by atoms with van der Waals surface area (Å²) in [5.74, 6) is 0.874. The quantitative estimate of drug-likeness (QED) is 0.633. The number of nitrogens with one attached hydrogen (secondary N) is 1. The van der Waals surface area contributed by atoms with Gasteiger partial charge >= 0.3 is 0 Å². The van der Waals surface area contributed by atoms with Crippen LogP contribution >= 0.6 is 0 Å². The third-order valence-corrected chi connectivity index (χ3v) is 1.84. The molecule has 0 aromatic carbocycles. The van der Waals surface area contributed by atoms with Crippen LogP contribution in [0.2, 0.25) is 0 Å². The van der Waals surface area contributed by atoms with Gasteiger partial charge in [-0.2, -0.15) is 5.10 Å². The van der Waals surface area contributed by atoms with Crippen molar-refractivity contribution in [2.24, 2.45) is 12.8 Å². The van der Waals surface area contributed by atoms with Gasteiger partial charge in [-0.3, -0.25) is 4.68 Å². The fourth-order valence-corrected chi connectivity index (χ4v) is 1.01. The van der Waals surface area contributed by atoms with E-state index >= 15 is 0 Å². The fourth-order valence-electron chi connectivity index (χ4n) is 1.01. The molecule has 0 aliphatic heterocycles. The molecule has 1 aromatic rings. The highest BCUT2D eigenvalue weighted by Gasteiger charge is 2.00. The van der Waals surface area contributed by atoms with Crippen molar-refractivity contribution < 1.29 is 0 Å². The zero-order valence-electron chi connectivity index (χ0n) is 8.20. The van der Waals surface area contributed by atoms with Crippen molar-refractivity contribution in [3.05, 3.63) is 12.2 Å². The Balaban J connectivity index is 2.20. The van der Waals surface area contributed by atoms with Gasteiger partial charge in [0.1, 0.15) is 6.33 Å². The van der Waals surface area contributed by atoms with Crippen molar-refractivity contribution in [2.75, 3.05) is 13.1 Å². The molecular weight excluding hydrogens is 166 g/mol. The van der Waals surface area contributed by atoms with E-state index in [1.54, 1.807) is 11.0 Å². The summed E-state index contributed by atoms with van der Waals surface area (Å²) in [6.07, 6.45) is 2.56. The maximum atomic E-state index is 5.46. The monoisotopic (exact) mass is 183 g/mol. The van der Waals surface area contributed by atoms with E-state index in [1.807, 2.05) is 7.05 Å². The topological polar surface area (TPSA) is 68.8 Å². The van der Waals surface area contributed by atoms with Gasteiger partial charge in [-0.05, 0) is 6.92 Å². The van der Waals surface area contributed by atoms with Gasteiger partial charge in [-0.1, -0.05) is 0 Å². The molecule has 1 unspecified atom stereocenters. The molecule has 0 amide bonds. The molecule has 1 heterocycles. The Kier molecular flexibility index (Phi) is 3.85. The molecule has 0 saturated carbocycles. The van der Waals surface area contributed by atoms with Gasteiger partial charge < -0.3 is 11.1 Å². The van der Waals surface area contributed by atoms with Crippen LogP contribution < -0.4 is 11.1 Å². The van der Waals surface area contributed by atoms with Crippen molar-refractivity contribution in [3.63, 3.8) is 0 Å². The van der Waals surface area contributed by atoms with Crippen LogP contribution in [0.3, 0.4) is 0 Å². The minimum Gasteiger partial charge on any atom is -0.329 e. The lowest BCUT2D eigenvalue weighted by molar-refractivity contribution is 0.552.